The van der Waals surface area contributed by atoms with Crippen molar-refractivity contribution in [1.82, 2.24) is 0 Å². The summed E-state index contributed by atoms with van der Waals surface area (Å²) in [6, 6.07) is 0. The first-order chi connectivity index (χ1) is 17.4. The predicted molar refractivity (Wildman–Crippen MR) is 130 cm³/mol. The number of esters is 2. The Balaban J connectivity index is 1.49. The van der Waals surface area contributed by atoms with Crippen LogP contribution in [0, 0.1) is 16.7 Å². The third kappa shape index (κ3) is 4.68. The minimum Gasteiger partial charge on any atom is -0.464 e. The van der Waals surface area contributed by atoms with Gasteiger partial charge in [-0.3, -0.25) is 4.79 Å². The summed E-state index contributed by atoms with van der Waals surface area (Å²) in [5.41, 5.74) is -1.49. The van der Waals surface area contributed by atoms with Crippen molar-refractivity contribution in [2.75, 3.05) is 13.2 Å². The summed E-state index contributed by atoms with van der Waals surface area (Å²) in [5.74, 6) is -1.39. The molecule has 0 amide bonds. The van der Waals surface area contributed by atoms with Crippen molar-refractivity contribution in [3.05, 3.63) is 35.5 Å². The van der Waals surface area contributed by atoms with Gasteiger partial charge in [-0.25, -0.2) is 4.79 Å². The fourth-order valence-electron chi connectivity index (χ4n) is 6.41. The first-order valence-corrected chi connectivity index (χ1v) is 12.8. The molecule has 2 aliphatic heterocycles. The van der Waals surface area contributed by atoms with Gasteiger partial charge < -0.3 is 39.7 Å². The summed E-state index contributed by atoms with van der Waals surface area (Å²) in [6.45, 7) is 4.94. The van der Waals surface area contributed by atoms with Crippen molar-refractivity contribution < 1.29 is 49.3 Å². The number of carbonyl (C=O) groups is 2. The number of aliphatic hydroxyl groups is 5. The molecule has 2 aliphatic carbocycles. The van der Waals surface area contributed by atoms with E-state index >= 15 is 0 Å². The number of carbonyl (C=O) groups excluding carboxylic acids is 2. The molecule has 4 aliphatic rings. The van der Waals surface area contributed by atoms with E-state index in [1.54, 1.807) is 6.08 Å². The van der Waals surface area contributed by atoms with Gasteiger partial charge in [0.1, 0.15) is 36.4 Å². The second-order valence-electron chi connectivity index (χ2n) is 11.2. The third-order valence-electron chi connectivity index (χ3n) is 8.88. The monoisotopic (exact) mass is 522 g/mol. The second kappa shape index (κ2) is 10.2. The lowest BCUT2D eigenvalue weighted by Gasteiger charge is -2.43. The van der Waals surface area contributed by atoms with Gasteiger partial charge in [0.25, 0.3) is 0 Å². The first-order valence-electron chi connectivity index (χ1n) is 12.8. The lowest BCUT2D eigenvalue weighted by Crippen LogP contribution is -2.59. The van der Waals surface area contributed by atoms with E-state index in [-0.39, 0.29) is 24.1 Å². The van der Waals surface area contributed by atoms with Gasteiger partial charge in [-0.2, -0.15) is 0 Å². The van der Waals surface area contributed by atoms with Gasteiger partial charge in [-0.05, 0) is 46.0 Å². The Hall–Kier alpha value is -2.08. The van der Waals surface area contributed by atoms with Crippen LogP contribution in [0.4, 0.5) is 0 Å². The normalized spacial score (nSPS) is 44.5. The molecule has 0 unspecified atom stereocenters. The van der Waals surface area contributed by atoms with Crippen molar-refractivity contribution in [3.8, 4) is 0 Å². The summed E-state index contributed by atoms with van der Waals surface area (Å²) in [4.78, 5) is 25.8. The number of aliphatic hydroxyl groups excluding tert-OH is 4. The minimum absolute atomic E-state index is 0.113. The average Bonchev–Trinajstić information content (AvgIpc) is 3.07. The highest BCUT2D eigenvalue weighted by Crippen LogP contribution is 2.63. The number of hydrogen-bond acceptors (Lipinski definition) is 10. The fourth-order valence-corrected chi connectivity index (χ4v) is 6.41. The van der Waals surface area contributed by atoms with Gasteiger partial charge in [0, 0.05) is 16.9 Å². The minimum atomic E-state index is -1.69. The van der Waals surface area contributed by atoms with Gasteiger partial charge >= 0.3 is 11.9 Å². The lowest BCUT2D eigenvalue weighted by atomic mass is 9.62. The van der Waals surface area contributed by atoms with Crippen LogP contribution in [-0.2, 0) is 23.8 Å². The van der Waals surface area contributed by atoms with Gasteiger partial charge in [0.05, 0.1) is 12.2 Å². The SMILES string of the molecule is CC1=CC[C@@]23CC[C@@H]([C@@](C)(/C=C/C=C(\C)C(=O)O[C@H]4O[C@H](CO)[C@@H](O)[C@H](O)[C@H]4O)COC2=O)[C@@]3(O)CC1. The van der Waals surface area contributed by atoms with Gasteiger partial charge in [0.2, 0.25) is 6.29 Å². The molecule has 0 aromatic carbocycles. The van der Waals surface area contributed by atoms with Crippen molar-refractivity contribution in [1.29, 1.82) is 0 Å². The zero-order chi connectivity index (χ0) is 27.2. The Morgan fingerprint density at radius 3 is 2.65 bits per heavy atom. The van der Waals surface area contributed by atoms with Crippen LogP contribution in [0.15, 0.2) is 35.5 Å². The number of cyclic esters (lactones) is 1. The molecule has 9 atom stereocenters. The number of hydrogen-bond donors (Lipinski definition) is 5. The molecule has 3 fully saturated rings. The van der Waals surface area contributed by atoms with Crippen molar-refractivity contribution >= 4 is 11.9 Å². The number of allylic oxidation sites excluding steroid dienone is 4. The van der Waals surface area contributed by atoms with Crippen LogP contribution in [0.3, 0.4) is 0 Å². The van der Waals surface area contributed by atoms with E-state index in [4.69, 9.17) is 14.2 Å². The fraction of sp³-hybridized carbons (Fsp3) is 0.704. The Kier molecular flexibility index (Phi) is 7.73. The molecule has 5 N–H and O–H groups in total. The maximum Gasteiger partial charge on any atom is 0.336 e. The van der Waals surface area contributed by atoms with E-state index in [1.165, 1.54) is 13.0 Å². The van der Waals surface area contributed by atoms with Crippen LogP contribution in [-0.4, -0.2) is 87.0 Å². The van der Waals surface area contributed by atoms with Crippen LogP contribution in [0.25, 0.3) is 0 Å². The summed E-state index contributed by atoms with van der Waals surface area (Å²) < 4.78 is 16.1. The smallest absolute Gasteiger partial charge is 0.336 e. The van der Waals surface area contributed by atoms with E-state index in [0.717, 1.165) is 5.57 Å². The molecule has 2 heterocycles. The lowest BCUT2D eigenvalue weighted by molar-refractivity contribution is -0.291. The van der Waals surface area contributed by atoms with Gasteiger partial charge in [-0.15, -0.1) is 0 Å². The highest BCUT2D eigenvalue weighted by molar-refractivity contribution is 5.88. The molecule has 206 valence electrons. The largest absolute Gasteiger partial charge is 0.464 e. The van der Waals surface area contributed by atoms with Gasteiger partial charge in [-0.1, -0.05) is 36.8 Å². The van der Waals surface area contributed by atoms with E-state index in [9.17, 15) is 35.1 Å². The Bertz CT molecular complexity index is 1000. The molecule has 37 heavy (non-hydrogen) atoms. The number of ether oxygens (including phenoxy) is 3. The summed E-state index contributed by atoms with van der Waals surface area (Å²) in [7, 11) is 0. The highest BCUT2D eigenvalue weighted by atomic mass is 16.7. The molecule has 10 heteroatoms. The zero-order valence-corrected chi connectivity index (χ0v) is 21.5. The molecular formula is C27H38O10. The molecule has 0 aromatic heterocycles. The second-order valence-corrected chi connectivity index (χ2v) is 11.2. The Morgan fingerprint density at radius 2 is 1.95 bits per heavy atom. The molecule has 1 saturated carbocycles. The highest BCUT2D eigenvalue weighted by Gasteiger charge is 2.68. The topological polar surface area (TPSA) is 163 Å². The van der Waals surface area contributed by atoms with Gasteiger partial charge in [0.15, 0.2) is 0 Å². The maximum absolute atomic E-state index is 13.2. The van der Waals surface area contributed by atoms with Crippen LogP contribution < -0.4 is 0 Å². The molecule has 0 radical (unpaired) electrons. The van der Waals surface area contributed by atoms with Crippen molar-refractivity contribution in [3.63, 3.8) is 0 Å². The standard InChI is InChI=1S/C27H38O10/c1-15-6-10-26-11-8-18(27(26,34)12-7-15)25(3,14-35-24(26)33)9-4-5-16(2)22(32)37-23-21(31)20(30)19(29)17(13-28)36-23/h4-6,9,17-21,23,28-31,34H,7-8,10-14H2,1-3H3/b9-4+,16-5+/t17-,18+,19-,20+,21-,23-,25+,26-,27+/m1/s1. The summed E-state index contributed by atoms with van der Waals surface area (Å²) in [5, 5.41) is 51.2. The summed E-state index contributed by atoms with van der Waals surface area (Å²) in [6.07, 6.45) is 2.31. The Morgan fingerprint density at radius 1 is 1.22 bits per heavy atom. The van der Waals surface area contributed by atoms with Crippen LogP contribution in [0.5, 0.6) is 0 Å². The molecule has 0 aromatic rings. The number of rotatable bonds is 5. The van der Waals surface area contributed by atoms with Crippen molar-refractivity contribution in [2.45, 2.75) is 89.2 Å². The van der Waals surface area contributed by atoms with E-state index in [0.29, 0.717) is 32.1 Å². The quantitative estimate of drug-likeness (QED) is 0.150. The van der Waals surface area contributed by atoms with E-state index in [2.05, 4.69) is 0 Å². The predicted octanol–water partition coefficient (Wildman–Crippen LogP) is 0.653. The summed E-state index contributed by atoms with van der Waals surface area (Å²) >= 11 is 0. The first kappa shape index (κ1) is 27.9. The van der Waals surface area contributed by atoms with E-state index < -0.39 is 59.7 Å². The van der Waals surface area contributed by atoms with Crippen LogP contribution in [0.1, 0.15) is 52.9 Å². The average molecular weight is 523 g/mol. The zero-order valence-electron chi connectivity index (χ0n) is 21.5. The third-order valence-corrected chi connectivity index (χ3v) is 8.88. The molecule has 10 nitrogen and oxygen atoms in total. The van der Waals surface area contributed by atoms with Crippen LogP contribution in [0.2, 0.25) is 0 Å². The van der Waals surface area contributed by atoms with Crippen molar-refractivity contribution in [2.24, 2.45) is 16.7 Å². The molecule has 0 spiro atoms. The molecule has 4 rings (SSSR count). The molecule has 2 bridgehead atoms. The maximum atomic E-state index is 13.2. The van der Waals surface area contributed by atoms with E-state index in [1.807, 2.05) is 26.0 Å². The Labute approximate surface area is 216 Å². The molecule has 2 saturated heterocycles. The van der Waals surface area contributed by atoms with Crippen LogP contribution >= 0.6 is 0 Å². The molecular weight excluding hydrogens is 484 g/mol.